The highest BCUT2D eigenvalue weighted by Crippen LogP contribution is 2.31. The number of amidine groups is 1. The molecule has 0 atom stereocenters. The smallest absolute Gasteiger partial charge is 0.244 e. The van der Waals surface area contributed by atoms with Gasteiger partial charge in [-0.1, -0.05) is 53.5 Å². The molecule has 0 radical (unpaired) electrons. The van der Waals surface area contributed by atoms with Crippen LogP contribution in [0.2, 0.25) is 10.0 Å². The van der Waals surface area contributed by atoms with Crippen molar-refractivity contribution in [1.29, 1.82) is 0 Å². The maximum absolute atomic E-state index is 13.0. The number of amides is 1. The van der Waals surface area contributed by atoms with Crippen LogP contribution >= 0.6 is 23.2 Å². The number of carbonyl (C=O) groups excluding carboxylic acids is 1. The summed E-state index contributed by atoms with van der Waals surface area (Å²) < 4.78 is 27.0. The normalized spacial score (nSPS) is 15.7. The lowest BCUT2D eigenvalue weighted by molar-refractivity contribution is -0.131. The van der Waals surface area contributed by atoms with Crippen LogP contribution in [0.3, 0.4) is 0 Å². The minimum atomic E-state index is -3.79. The van der Waals surface area contributed by atoms with Gasteiger partial charge in [-0.15, -0.1) is 0 Å². The monoisotopic (exact) mass is 536 g/mol. The maximum Gasteiger partial charge on any atom is 0.244 e. The van der Waals surface area contributed by atoms with Crippen LogP contribution in [0.4, 0.5) is 0 Å². The topological polar surface area (TPSA) is 82.1 Å². The van der Waals surface area contributed by atoms with Crippen molar-refractivity contribution in [3.63, 3.8) is 0 Å². The van der Waals surface area contributed by atoms with Gasteiger partial charge in [-0.05, 0) is 43.4 Å². The standard InChI is InChI=1S/C25H30Cl2N4O3S/c1-30(35(33,34)22-5-2-4-21(26)24(22)27)16-3-6-23(32)31(20-11-12-20)17-13-18-7-9-19(10-8-18)25-28-14-15-29-25/h2,4-5,7-10,20H,3,6,11-17H2,1H3,(H,28,29). The molecular weight excluding hydrogens is 507 g/mol. The minimum Gasteiger partial charge on any atom is -0.368 e. The Kier molecular flexibility index (Phi) is 8.37. The average molecular weight is 538 g/mol. The minimum absolute atomic E-state index is 0.0116. The molecule has 2 aliphatic rings. The molecule has 0 spiro atoms. The summed E-state index contributed by atoms with van der Waals surface area (Å²) in [7, 11) is -2.30. The van der Waals surface area contributed by atoms with E-state index in [1.165, 1.54) is 23.0 Å². The van der Waals surface area contributed by atoms with E-state index in [9.17, 15) is 13.2 Å². The molecule has 4 rings (SSSR count). The number of nitrogens with one attached hydrogen (secondary N) is 1. The molecule has 0 unspecified atom stereocenters. The molecule has 10 heteroatoms. The van der Waals surface area contributed by atoms with Crippen LogP contribution < -0.4 is 5.32 Å². The summed E-state index contributed by atoms with van der Waals surface area (Å²) >= 11 is 12.1. The molecule has 1 N–H and O–H groups in total. The van der Waals surface area contributed by atoms with Crippen molar-refractivity contribution < 1.29 is 13.2 Å². The van der Waals surface area contributed by atoms with E-state index in [0.29, 0.717) is 25.4 Å². The van der Waals surface area contributed by atoms with E-state index in [1.807, 2.05) is 4.90 Å². The first kappa shape index (κ1) is 25.9. The number of aliphatic imine (C=N–C) groups is 1. The Hall–Kier alpha value is -2.13. The van der Waals surface area contributed by atoms with Crippen molar-refractivity contribution in [3.8, 4) is 0 Å². The van der Waals surface area contributed by atoms with Crippen LogP contribution in [0.15, 0.2) is 52.4 Å². The number of benzene rings is 2. The third-order valence-corrected chi connectivity index (χ3v) is 9.15. The third-order valence-electron chi connectivity index (χ3n) is 6.32. The Bertz CT molecular complexity index is 1200. The van der Waals surface area contributed by atoms with Gasteiger partial charge in [0.05, 0.1) is 16.6 Å². The number of carbonyl (C=O) groups is 1. The van der Waals surface area contributed by atoms with Gasteiger partial charge in [-0.2, -0.15) is 0 Å². The van der Waals surface area contributed by atoms with Gasteiger partial charge in [-0.3, -0.25) is 9.79 Å². The van der Waals surface area contributed by atoms with Gasteiger partial charge in [0.15, 0.2) is 0 Å². The Balaban J connectivity index is 1.28. The molecule has 0 bridgehead atoms. The van der Waals surface area contributed by atoms with Crippen molar-refractivity contribution in [3.05, 3.63) is 63.6 Å². The number of nitrogens with zero attached hydrogens (tertiary/aromatic N) is 3. The van der Waals surface area contributed by atoms with Crippen LogP contribution in [0.5, 0.6) is 0 Å². The van der Waals surface area contributed by atoms with E-state index in [4.69, 9.17) is 23.2 Å². The van der Waals surface area contributed by atoms with E-state index < -0.39 is 10.0 Å². The molecule has 2 aromatic carbocycles. The molecule has 1 fully saturated rings. The lowest BCUT2D eigenvalue weighted by Gasteiger charge is -2.23. The molecule has 1 heterocycles. The first-order valence-corrected chi connectivity index (χ1v) is 14.0. The first-order chi connectivity index (χ1) is 16.8. The Morgan fingerprint density at radius 3 is 2.51 bits per heavy atom. The van der Waals surface area contributed by atoms with Crippen LogP contribution in [0.25, 0.3) is 0 Å². The molecule has 1 amide bonds. The third kappa shape index (κ3) is 6.36. The molecule has 2 aromatic rings. The average Bonchev–Trinajstić information content (AvgIpc) is 3.53. The fraction of sp³-hybridized carbons (Fsp3) is 0.440. The van der Waals surface area contributed by atoms with Crippen LogP contribution in [0.1, 0.15) is 36.8 Å². The quantitative estimate of drug-likeness (QED) is 0.470. The number of hydrogen-bond acceptors (Lipinski definition) is 5. The highest BCUT2D eigenvalue weighted by Gasteiger charge is 2.32. The number of halogens is 2. The SMILES string of the molecule is CN(CCCC(=O)N(CCc1ccc(C2=NCCN2)cc1)C1CC1)S(=O)(=O)c1cccc(Cl)c1Cl. The fourth-order valence-corrected chi connectivity index (χ4v) is 6.08. The maximum atomic E-state index is 13.0. The highest BCUT2D eigenvalue weighted by atomic mass is 35.5. The summed E-state index contributed by atoms with van der Waals surface area (Å²) in [5.74, 6) is 1.01. The molecule has 1 saturated carbocycles. The predicted molar refractivity (Wildman–Crippen MR) is 140 cm³/mol. The Morgan fingerprint density at radius 1 is 1.11 bits per heavy atom. The number of sulfonamides is 1. The fourth-order valence-electron chi connectivity index (χ4n) is 4.14. The summed E-state index contributed by atoms with van der Waals surface area (Å²) in [6, 6.07) is 13.2. The Labute approximate surface area is 217 Å². The highest BCUT2D eigenvalue weighted by molar-refractivity contribution is 7.89. The Morgan fingerprint density at radius 2 is 1.86 bits per heavy atom. The molecule has 188 valence electrons. The van der Waals surface area contributed by atoms with E-state index in [2.05, 4.69) is 34.6 Å². The van der Waals surface area contributed by atoms with Crippen LogP contribution in [-0.4, -0.2) is 68.6 Å². The summed E-state index contributed by atoms with van der Waals surface area (Å²) in [6.07, 6.45) is 3.56. The second-order valence-corrected chi connectivity index (χ2v) is 11.7. The zero-order valence-electron chi connectivity index (χ0n) is 19.7. The van der Waals surface area contributed by atoms with Gasteiger partial charge in [-0.25, -0.2) is 12.7 Å². The zero-order valence-corrected chi connectivity index (χ0v) is 22.0. The lowest BCUT2D eigenvalue weighted by Crippen LogP contribution is -2.35. The van der Waals surface area contributed by atoms with Crippen LogP contribution in [-0.2, 0) is 21.2 Å². The van der Waals surface area contributed by atoms with Crippen molar-refractivity contribution in [2.45, 2.75) is 43.0 Å². The molecule has 0 aromatic heterocycles. The molecule has 35 heavy (non-hydrogen) atoms. The van der Waals surface area contributed by atoms with Gasteiger partial charge < -0.3 is 10.2 Å². The molecular formula is C25H30Cl2N4O3S. The second kappa shape index (κ2) is 11.3. The van der Waals surface area contributed by atoms with Crippen LogP contribution in [0, 0.1) is 0 Å². The lowest BCUT2D eigenvalue weighted by atomic mass is 10.1. The van der Waals surface area contributed by atoms with Crippen molar-refractivity contribution >= 4 is 45.0 Å². The van der Waals surface area contributed by atoms with Crippen molar-refractivity contribution in [1.82, 2.24) is 14.5 Å². The summed E-state index contributed by atoms with van der Waals surface area (Å²) in [6.45, 7) is 2.57. The van der Waals surface area contributed by atoms with Gasteiger partial charge in [0.25, 0.3) is 0 Å². The van der Waals surface area contributed by atoms with Gasteiger partial charge >= 0.3 is 0 Å². The molecule has 7 nitrogen and oxygen atoms in total. The zero-order chi connectivity index (χ0) is 25.0. The predicted octanol–water partition coefficient (Wildman–Crippen LogP) is 3.98. The largest absolute Gasteiger partial charge is 0.368 e. The summed E-state index contributed by atoms with van der Waals surface area (Å²) in [5, 5.41) is 3.48. The van der Waals surface area contributed by atoms with E-state index >= 15 is 0 Å². The van der Waals surface area contributed by atoms with E-state index in [1.54, 1.807) is 12.1 Å². The van der Waals surface area contributed by atoms with E-state index in [0.717, 1.165) is 43.8 Å². The molecule has 1 aliphatic carbocycles. The van der Waals surface area contributed by atoms with Gasteiger partial charge in [0, 0.05) is 44.7 Å². The second-order valence-electron chi connectivity index (χ2n) is 8.90. The molecule has 1 aliphatic heterocycles. The summed E-state index contributed by atoms with van der Waals surface area (Å²) in [4.78, 5) is 19.3. The number of hydrogen-bond donors (Lipinski definition) is 1. The van der Waals surface area contributed by atoms with Gasteiger partial charge in [0.1, 0.15) is 10.7 Å². The van der Waals surface area contributed by atoms with Gasteiger partial charge in [0.2, 0.25) is 15.9 Å². The molecule has 0 saturated heterocycles. The number of rotatable bonds is 11. The first-order valence-electron chi connectivity index (χ1n) is 11.8. The van der Waals surface area contributed by atoms with Crippen molar-refractivity contribution in [2.24, 2.45) is 4.99 Å². The summed E-state index contributed by atoms with van der Waals surface area (Å²) in [5.41, 5.74) is 2.26. The van der Waals surface area contributed by atoms with E-state index in [-0.39, 0.29) is 27.4 Å². The van der Waals surface area contributed by atoms with Crippen molar-refractivity contribution in [2.75, 3.05) is 33.2 Å².